The highest BCUT2D eigenvalue weighted by Crippen LogP contribution is 2.51. The highest BCUT2D eigenvalue weighted by molar-refractivity contribution is 6.01. The van der Waals surface area contributed by atoms with Crippen LogP contribution in [0.25, 0.3) is 6.08 Å². The molecule has 0 radical (unpaired) electrons. The van der Waals surface area contributed by atoms with Gasteiger partial charge in [-0.1, -0.05) is 44.6 Å². The zero-order valence-electron chi connectivity index (χ0n) is 20.8. The molecule has 5 rings (SSSR count). The third kappa shape index (κ3) is 5.39. The van der Waals surface area contributed by atoms with Crippen molar-refractivity contribution in [3.8, 4) is 11.5 Å². The van der Waals surface area contributed by atoms with Crippen molar-refractivity contribution in [2.24, 2.45) is 5.41 Å². The predicted molar refractivity (Wildman–Crippen MR) is 132 cm³/mol. The molecule has 7 heteroatoms. The first-order valence-corrected chi connectivity index (χ1v) is 11.7. The van der Waals surface area contributed by atoms with E-state index in [1.54, 1.807) is 0 Å². The molecule has 1 heterocycles. The van der Waals surface area contributed by atoms with Crippen LogP contribution in [0.1, 0.15) is 64.2 Å². The van der Waals surface area contributed by atoms with E-state index in [2.05, 4.69) is 49.0 Å². The minimum absolute atomic E-state index is 0.0596. The molecule has 35 heavy (non-hydrogen) atoms. The number of benzene rings is 2. The summed E-state index contributed by atoms with van der Waals surface area (Å²) < 4.78 is 14.8. The first-order chi connectivity index (χ1) is 16.5. The molecule has 2 aromatic rings. The molecule has 3 aliphatic rings. The maximum atomic E-state index is 13.1. The number of carbonyl (C=O) groups is 3. The van der Waals surface area contributed by atoms with E-state index in [0.29, 0.717) is 0 Å². The molecule has 0 atom stereocenters. The first-order valence-electron chi connectivity index (χ1n) is 11.7. The Hall–Kier alpha value is -3.61. The molecule has 2 aliphatic carbocycles. The number of carbonyl (C=O) groups excluding carboxylic acids is 3. The van der Waals surface area contributed by atoms with Gasteiger partial charge in [0.1, 0.15) is 0 Å². The summed E-state index contributed by atoms with van der Waals surface area (Å²) >= 11 is 0. The van der Waals surface area contributed by atoms with Gasteiger partial charge in [-0.05, 0) is 65.6 Å². The minimum atomic E-state index is -0.562. The van der Waals surface area contributed by atoms with E-state index in [-0.39, 0.29) is 18.1 Å². The summed E-state index contributed by atoms with van der Waals surface area (Å²) in [5.41, 5.74) is 5.57. The van der Waals surface area contributed by atoms with Crippen molar-refractivity contribution >= 4 is 29.6 Å². The molecular weight excluding hydrogens is 446 g/mol. The SMILES string of the molecule is CC(=O)OC(C)=O.CC(C)(C)C1=Cc2cc(NC(=O)C3(c4ccc5c(c4)OCO5)CC3)ccc2C1. The quantitative estimate of drug-likeness (QED) is 0.485. The van der Waals surface area contributed by atoms with Gasteiger partial charge in [-0.2, -0.15) is 0 Å². The zero-order chi connectivity index (χ0) is 25.4. The van der Waals surface area contributed by atoms with Crippen LogP contribution >= 0.6 is 0 Å². The van der Waals surface area contributed by atoms with E-state index < -0.39 is 17.4 Å². The van der Waals surface area contributed by atoms with Crippen LogP contribution in [0.2, 0.25) is 0 Å². The lowest BCUT2D eigenvalue weighted by Gasteiger charge is -2.19. The molecule has 0 saturated heterocycles. The monoisotopic (exact) mass is 477 g/mol. The second kappa shape index (κ2) is 9.21. The molecule has 1 amide bonds. The van der Waals surface area contributed by atoms with Crippen LogP contribution in [-0.2, 0) is 31.0 Å². The highest BCUT2D eigenvalue weighted by atomic mass is 16.7. The van der Waals surface area contributed by atoms with Crippen molar-refractivity contribution in [1.29, 1.82) is 0 Å². The largest absolute Gasteiger partial charge is 0.454 e. The van der Waals surface area contributed by atoms with Crippen molar-refractivity contribution in [3.63, 3.8) is 0 Å². The Morgan fingerprint density at radius 2 is 1.63 bits per heavy atom. The third-order valence-electron chi connectivity index (χ3n) is 6.47. The summed E-state index contributed by atoms with van der Waals surface area (Å²) in [7, 11) is 0. The fourth-order valence-electron chi connectivity index (χ4n) is 4.31. The number of fused-ring (bicyclic) bond motifs is 2. The van der Waals surface area contributed by atoms with E-state index in [4.69, 9.17) is 9.47 Å². The van der Waals surface area contributed by atoms with Gasteiger partial charge in [0.05, 0.1) is 5.41 Å². The summed E-state index contributed by atoms with van der Waals surface area (Å²) in [5.74, 6) is 0.415. The van der Waals surface area contributed by atoms with Gasteiger partial charge in [-0.3, -0.25) is 14.4 Å². The van der Waals surface area contributed by atoms with E-state index in [1.165, 1.54) is 30.5 Å². The third-order valence-corrected chi connectivity index (χ3v) is 6.47. The molecule has 7 nitrogen and oxygen atoms in total. The van der Waals surface area contributed by atoms with Crippen LogP contribution < -0.4 is 14.8 Å². The average Bonchev–Trinajstić information content (AvgIpc) is 3.24. The predicted octanol–water partition coefficient (Wildman–Crippen LogP) is 5.17. The Labute approximate surface area is 205 Å². The van der Waals surface area contributed by atoms with Gasteiger partial charge in [0.2, 0.25) is 12.7 Å². The fourth-order valence-corrected chi connectivity index (χ4v) is 4.31. The molecular formula is C28H31NO6. The van der Waals surface area contributed by atoms with Gasteiger partial charge in [-0.25, -0.2) is 0 Å². The minimum Gasteiger partial charge on any atom is -0.454 e. The summed E-state index contributed by atoms with van der Waals surface area (Å²) in [6, 6.07) is 12.1. The normalized spacial score (nSPS) is 16.3. The van der Waals surface area contributed by atoms with Crippen molar-refractivity contribution in [3.05, 3.63) is 58.7 Å². The van der Waals surface area contributed by atoms with Gasteiger partial charge in [0, 0.05) is 19.5 Å². The van der Waals surface area contributed by atoms with Crippen LogP contribution in [-0.4, -0.2) is 24.6 Å². The maximum Gasteiger partial charge on any atom is 0.310 e. The van der Waals surface area contributed by atoms with Crippen LogP contribution in [0.15, 0.2) is 42.0 Å². The number of nitrogens with one attached hydrogen (secondary N) is 1. The Morgan fingerprint density at radius 3 is 2.23 bits per heavy atom. The fraction of sp³-hybridized carbons (Fsp3) is 0.393. The number of amides is 1. The van der Waals surface area contributed by atoms with Crippen LogP contribution in [0.5, 0.6) is 11.5 Å². The van der Waals surface area contributed by atoms with Crippen molar-refractivity contribution in [2.75, 3.05) is 12.1 Å². The van der Waals surface area contributed by atoms with Crippen molar-refractivity contribution in [1.82, 2.24) is 0 Å². The van der Waals surface area contributed by atoms with Crippen molar-refractivity contribution < 1.29 is 28.6 Å². The Bertz CT molecular complexity index is 1200. The topological polar surface area (TPSA) is 90.9 Å². The van der Waals surface area contributed by atoms with Gasteiger partial charge < -0.3 is 19.5 Å². The molecule has 0 spiro atoms. The van der Waals surface area contributed by atoms with E-state index in [0.717, 1.165) is 42.0 Å². The molecule has 0 unspecified atom stereocenters. The molecule has 1 N–H and O–H groups in total. The second-order valence-corrected chi connectivity index (χ2v) is 10.2. The van der Waals surface area contributed by atoms with E-state index in [1.807, 2.05) is 24.3 Å². The first kappa shape index (κ1) is 24.5. The molecule has 1 fully saturated rings. The number of esters is 2. The standard InChI is InChI=1S/C24H25NO3.C4H6O3/c1-23(2,3)18-10-15-4-6-19(12-16(15)11-18)25-22(26)24(8-9-24)17-5-7-20-21(13-17)28-14-27-20;1-3(5)7-4(2)6/h4-7,11-13H,8-10,14H2,1-3H3,(H,25,26);1-2H3. The molecule has 0 aromatic heterocycles. The Morgan fingerprint density at radius 1 is 0.943 bits per heavy atom. The summed E-state index contributed by atoms with van der Waals surface area (Å²) in [6.07, 6.45) is 4.99. The summed E-state index contributed by atoms with van der Waals surface area (Å²) in [6.45, 7) is 9.35. The number of hydrogen-bond donors (Lipinski definition) is 1. The molecule has 1 saturated carbocycles. The highest BCUT2D eigenvalue weighted by Gasteiger charge is 2.51. The van der Waals surface area contributed by atoms with E-state index in [9.17, 15) is 14.4 Å². The van der Waals surface area contributed by atoms with Gasteiger partial charge in [0.25, 0.3) is 0 Å². The lowest BCUT2D eigenvalue weighted by molar-refractivity contribution is -0.156. The lowest BCUT2D eigenvalue weighted by atomic mass is 9.85. The molecule has 1 aliphatic heterocycles. The number of anilines is 1. The second-order valence-electron chi connectivity index (χ2n) is 10.2. The summed E-state index contributed by atoms with van der Waals surface area (Å²) in [4.78, 5) is 32.7. The Balaban J connectivity index is 0.000000364. The zero-order valence-corrected chi connectivity index (χ0v) is 20.8. The van der Waals surface area contributed by atoms with Crippen molar-refractivity contribution in [2.45, 2.75) is 59.3 Å². The maximum absolute atomic E-state index is 13.1. The van der Waals surface area contributed by atoms with Gasteiger partial charge >= 0.3 is 11.9 Å². The average molecular weight is 478 g/mol. The smallest absolute Gasteiger partial charge is 0.310 e. The molecule has 184 valence electrons. The van der Waals surface area contributed by atoms with Gasteiger partial charge in [0.15, 0.2) is 11.5 Å². The summed E-state index contributed by atoms with van der Waals surface area (Å²) in [5, 5.41) is 3.15. The lowest BCUT2D eigenvalue weighted by Crippen LogP contribution is -2.27. The van der Waals surface area contributed by atoms with Crippen LogP contribution in [0.3, 0.4) is 0 Å². The molecule has 0 bridgehead atoms. The van der Waals surface area contributed by atoms with Crippen LogP contribution in [0.4, 0.5) is 5.69 Å². The van der Waals surface area contributed by atoms with Gasteiger partial charge in [-0.15, -0.1) is 0 Å². The number of hydrogen-bond acceptors (Lipinski definition) is 6. The van der Waals surface area contributed by atoms with Crippen LogP contribution in [0, 0.1) is 5.41 Å². The number of allylic oxidation sites excluding steroid dienone is 1. The number of rotatable bonds is 3. The van der Waals surface area contributed by atoms with E-state index >= 15 is 0 Å². The molecule has 2 aromatic carbocycles. The Kier molecular flexibility index (Phi) is 6.45. The number of ether oxygens (including phenoxy) is 3.